The second-order valence-corrected chi connectivity index (χ2v) is 7.08. The summed E-state index contributed by atoms with van der Waals surface area (Å²) < 4.78 is 5.90. The van der Waals surface area contributed by atoms with Crippen LogP contribution in [0.25, 0.3) is 0 Å². The molecule has 0 N–H and O–H groups in total. The van der Waals surface area contributed by atoms with Crippen molar-refractivity contribution >= 4 is 11.8 Å². The van der Waals surface area contributed by atoms with Gasteiger partial charge in [-0.2, -0.15) is 0 Å². The fourth-order valence-electron chi connectivity index (χ4n) is 3.65. The van der Waals surface area contributed by atoms with Gasteiger partial charge >= 0.3 is 0 Å². The van der Waals surface area contributed by atoms with Crippen molar-refractivity contribution in [2.45, 2.75) is 38.9 Å². The number of benzene rings is 1. The summed E-state index contributed by atoms with van der Waals surface area (Å²) in [6, 6.07) is 7.04. The Bertz CT molecular complexity index is 591. The van der Waals surface area contributed by atoms with Gasteiger partial charge in [-0.05, 0) is 39.3 Å². The average molecular weight is 316 g/mol. The molecule has 1 fully saturated rings. The van der Waals surface area contributed by atoms with Gasteiger partial charge in [0.2, 0.25) is 0 Å². The molecular weight excluding hydrogens is 292 g/mol. The first-order chi connectivity index (χ1) is 10.9. The third-order valence-electron chi connectivity index (χ3n) is 4.37. The van der Waals surface area contributed by atoms with Gasteiger partial charge in [-0.25, -0.2) is 0 Å². The lowest BCUT2D eigenvalue weighted by atomic mass is 10.1. The highest BCUT2D eigenvalue weighted by atomic mass is 16.5. The Balaban J connectivity index is 1.56. The van der Waals surface area contributed by atoms with Gasteiger partial charge in [-0.3, -0.25) is 19.4 Å². The fraction of sp³-hybridized carbons (Fsp3) is 0.556. The normalized spacial score (nSPS) is 24.1. The third kappa shape index (κ3) is 3.31. The molecular formula is C18H24N2O3. The number of hydrogen-bond acceptors (Lipinski definition) is 4. The van der Waals surface area contributed by atoms with Crippen LogP contribution in [0.5, 0.6) is 0 Å². The molecule has 2 aliphatic heterocycles. The molecule has 1 saturated heterocycles. The summed E-state index contributed by atoms with van der Waals surface area (Å²) in [4.78, 5) is 28.4. The van der Waals surface area contributed by atoms with Gasteiger partial charge in [0.25, 0.3) is 11.8 Å². The van der Waals surface area contributed by atoms with E-state index in [-0.39, 0.29) is 23.5 Å². The molecule has 0 bridgehead atoms. The second-order valence-electron chi connectivity index (χ2n) is 7.08. The number of morpholine rings is 1. The largest absolute Gasteiger partial charge is 0.370 e. The van der Waals surface area contributed by atoms with Crippen molar-refractivity contribution in [3.8, 4) is 0 Å². The Morgan fingerprint density at radius 1 is 1.13 bits per heavy atom. The molecule has 0 aliphatic carbocycles. The Labute approximate surface area is 137 Å². The molecule has 3 rings (SSSR count). The molecule has 0 unspecified atom stereocenters. The Morgan fingerprint density at radius 2 is 1.74 bits per heavy atom. The summed E-state index contributed by atoms with van der Waals surface area (Å²) in [5.41, 5.74) is 0.907. The van der Waals surface area contributed by atoms with E-state index in [1.807, 2.05) is 0 Å². The molecule has 2 aliphatic rings. The molecule has 2 heterocycles. The van der Waals surface area contributed by atoms with Crippen LogP contribution >= 0.6 is 0 Å². The van der Waals surface area contributed by atoms with Crippen molar-refractivity contribution in [2.75, 3.05) is 26.2 Å². The lowest BCUT2D eigenvalue weighted by Crippen LogP contribution is -2.52. The van der Waals surface area contributed by atoms with Gasteiger partial charge in [0.15, 0.2) is 0 Å². The van der Waals surface area contributed by atoms with Crippen LogP contribution in [0.2, 0.25) is 0 Å². The zero-order chi connectivity index (χ0) is 16.6. The topological polar surface area (TPSA) is 49.9 Å². The van der Waals surface area contributed by atoms with Crippen LogP contribution in [0, 0.1) is 0 Å². The standard InChI is InChI=1S/C18H24N2O3/c1-13-11-19(12-18(2,3)23-13)9-6-10-20-16(21)14-7-4-5-8-15(14)17(20)22/h4-5,7-8,13H,6,9-12H2,1-3H3/t13-/m1/s1. The highest BCUT2D eigenvalue weighted by Crippen LogP contribution is 2.23. The highest BCUT2D eigenvalue weighted by Gasteiger charge is 2.35. The van der Waals surface area contributed by atoms with E-state index in [2.05, 4.69) is 25.7 Å². The van der Waals surface area contributed by atoms with Crippen LogP contribution in [0.1, 0.15) is 47.9 Å². The summed E-state index contributed by atoms with van der Waals surface area (Å²) in [5.74, 6) is -0.331. The first kappa shape index (κ1) is 16.1. The Morgan fingerprint density at radius 3 is 2.30 bits per heavy atom. The number of amides is 2. The van der Waals surface area contributed by atoms with E-state index >= 15 is 0 Å². The van der Waals surface area contributed by atoms with Crippen LogP contribution in [0.15, 0.2) is 24.3 Å². The van der Waals surface area contributed by atoms with E-state index in [1.54, 1.807) is 24.3 Å². The van der Waals surface area contributed by atoms with Crippen LogP contribution < -0.4 is 0 Å². The number of nitrogens with zero attached hydrogens (tertiary/aromatic N) is 2. The maximum Gasteiger partial charge on any atom is 0.261 e. The average Bonchev–Trinajstić information content (AvgIpc) is 2.71. The van der Waals surface area contributed by atoms with E-state index in [9.17, 15) is 9.59 Å². The molecule has 1 aromatic rings. The van der Waals surface area contributed by atoms with Crippen LogP contribution in [-0.2, 0) is 4.74 Å². The van der Waals surface area contributed by atoms with E-state index in [0.29, 0.717) is 17.7 Å². The van der Waals surface area contributed by atoms with Crippen LogP contribution in [0.3, 0.4) is 0 Å². The first-order valence-electron chi connectivity index (χ1n) is 8.23. The number of rotatable bonds is 4. The maximum absolute atomic E-state index is 12.3. The smallest absolute Gasteiger partial charge is 0.261 e. The summed E-state index contributed by atoms with van der Waals surface area (Å²) in [7, 11) is 0. The summed E-state index contributed by atoms with van der Waals surface area (Å²) in [5, 5.41) is 0. The second kappa shape index (κ2) is 6.06. The molecule has 0 spiro atoms. The third-order valence-corrected chi connectivity index (χ3v) is 4.37. The molecule has 23 heavy (non-hydrogen) atoms. The molecule has 5 nitrogen and oxygen atoms in total. The van der Waals surface area contributed by atoms with E-state index in [0.717, 1.165) is 26.1 Å². The molecule has 2 amide bonds. The summed E-state index contributed by atoms with van der Waals surface area (Å²) in [6.07, 6.45) is 0.993. The van der Waals surface area contributed by atoms with Gasteiger partial charge in [-0.15, -0.1) is 0 Å². The maximum atomic E-state index is 12.3. The number of fused-ring (bicyclic) bond motifs is 1. The van der Waals surface area contributed by atoms with Gasteiger partial charge in [0.1, 0.15) is 0 Å². The van der Waals surface area contributed by atoms with E-state index in [4.69, 9.17) is 4.74 Å². The monoisotopic (exact) mass is 316 g/mol. The minimum absolute atomic E-state index is 0.146. The van der Waals surface area contributed by atoms with Crippen molar-refractivity contribution in [3.05, 3.63) is 35.4 Å². The lowest BCUT2D eigenvalue weighted by Gasteiger charge is -2.41. The number of carbonyl (C=O) groups excluding carboxylic acids is 2. The van der Waals surface area contributed by atoms with Crippen LogP contribution in [0.4, 0.5) is 0 Å². The van der Waals surface area contributed by atoms with Crippen LogP contribution in [-0.4, -0.2) is 59.5 Å². The predicted octanol–water partition coefficient (Wildman–Crippen LogP) is 2.17. The molecule has 0 aromatic heterocycles. The predicted molar refractivity (Wildman–Crippen MR) is 87.5 cm³/mol. The first-order valence-corrected chi connectivity index (χ1v) is 8.23. The minimum Gasteiger partial charge on any atom is -0.370 e. The summed E-state index contributed by atoms with van der Waals surface area (Å²) in [6.45, 7) is 9.38. The molecule has 124 valence electrons. The van der Waals surface area contributed by atoms with Crippen molar-refractivity contribution in [2.24, 2.45) is 0 Å². The van der Waals surface area contributed by atoms with E-state index < -0.39 is 0 Å². The SMILES string of the molecule is C[C@@H]1CN(CCCN2C(=O)c3ccccc3C2=O)CC(C)(C)O1. The number of ether oxygens (including phenoxy) is 1. The zero-order valence-electron chi connectivity index (χ0n) is 14.0. The molecule has 5 heteroatoms. The Kier molecular flexibility index (Phi) is 4.25. The van der Waals surface area contributed by atoms with Crippen molar-refractivity contribution in [1.29, 1.82) is 0 Å². The number of carbonyl (C=O) groups is 2. The highest BCUT2D eigenvalue weighted by molar-refractivity contribution is 6.21. The molecule has 0 saturated carbocycles. The van der Waals surface area contributed by atoms with Gasteiger partial charge in [0.05, 0.1) is 22.8 Å². The number of imide groups is 1. The lowest BCUT2D eigenvalue weighted by molar-refractivity contribution is -0.128. The quantitative estimate of drug-likeness (QED) is 0.799. The van der Waals surface area contributed by atoms with E-state index in [1.165, 1.54) is 4.90 Å². The molecule has 1 atom stereocenters. The zero-order valence-corrected chi connectivity index (χ0v) is 14.0. The van der Waals surface area contributed by atoms with Gasteiger partial charge < -0.3 is 4.74 Å². The summed E-state index contributed by atoms with van der Waals surface area (Å²) >= 11 is 0. The fourth-order valence-corrected chi connectivity index (χ4v) is 3.65. The van der Waals surface area contributed by atoms with Crippen molar-refractivity contribution in [3.63, 3.8) is 0 Å². The Hall–Kier alpha value is -1.72. The van der Waals surface area contributed by atoms with Crippen molar-refractivity contribution in [1.82, 2.24) is 9.80 Å². The minimum atomic E-state index is -0.165. The molecule has 1 aromatic carbocycles. The van der Waals surface area contributed by atoms with Gasteiger partial charge in [0, 0.05) is 26.2 Å². The number of hydrogen-bond donors (Lipinski definition) is 0. The van der Waals surface area contributed by atoms with Gasteiger partial charge in [-0.1, -0.05) is 12.1 Å². The molecule has 0 radical (unpaired) electrons. The van der Waals surface area contributed by atoms with Crippen molar-refractivity contribution < 1.29 is 14.3 Å².